The molecule has 1 saturated carbocycles. The van der Waals surface area contributed by atoms with Gasteiger partial charge in [0.05, 0.1) is 5.39 Å². The smallest absolute Gasteiger partial charge is 0.227 e. The van der Waals surface area contributed by atoms with Crippen LogP contribution >= 0.6 is 11.3 Å². The Morgan fingerprint density at radius 1 is 1.26 bits per heavy atom. The molecule has 0 unspecified atom stereocenters. The van der Waals surface area contributed by atoms with E-state index in [0.717, 1.165) is 34.9 Å². The summed E-state index contributed by atoms with van der Waals surface area (Å²) in [4.78, 5) is 9.89. The minimum absolute atomic E-state index is 0.305. The number of hydrogen-bond donors (Lipinski definition) is 1. The van der Waals surface area contributed by atoms with Crippen molar-refractivity contribution in [1.29, 1.82) is 0 Å². The van der Waals surface area contributed by atoms with Gasteiger partial charge in [-0.15, -0.1) is 11.3 Å². The molecule has 0 spiro atoms. The molecule has 19 heavy (non-hydrogen) atoms. The molecule has 4 nitrogen and oxygen atoms in total. The summed E-state index contributed by atoms with van der Waals surface area (Å²) >= 11 is 1.62. The Balaban J connectivity index is 1.85. The van der Waals surface area contributed by atoms with E-state index in [1.54, 1.807) is 11.3 Å². The molecule has 0 saturated heterocycles. The van der Waals surface area contributed by atoms with Crippen molar-refractivity contribution in [1.82, 2.24) is 9.97 Å². The number of thiophene rings is 1. The number of ether oxygens (including phenoxy) is 1. The minimum atomic E-state index is 0.305. The van der Waals surface area contributed by atoms with E-state index < -0.39 is 0 Å². The zero-order chi connectivity index (χ0) is 13.2. The van der Waals surface area contributed by atoms with Crippen molar-refractivity contribution >= 4 is 27.5 Å². The van der Waals surface area contributed by atoms with Crippen LogP contribution in [0.4, 0.5) is 5.95 Å². The number of aromatic nitrogens is 2. The third kappa shape index (κ3) is 2.66. The van der Waals surface area contributed by atoms with Crippen molar-refractivity contribution in [2.45, 2.75) is 38.7 Å². The maximum Gasteiger partial charge on any atom is 0.227 e. The van der Waals surface area contributed by atoms with Crippen molar-refractivity contribution in [2.24, 2.45) is 5.92 Å². The maximum absolute atomic E-state index is 6.13. The van der Waals surface area contributed by atoms with Crippen LogP contribution in [-0.2, 0) is 0 Å². The van der Waals surface area contributed by atoms with E-state index in [2.05, 4.69) is 22.2 Å². The van der Waals surface area contributed by atoms with Gasteiger partial charge in [-0.3, -0.25) is 0 Å². The summed E-state index contributed by atoms with van der Waals surface area (Å²) < 4.78 is 6.13. The molecule has 5 heteroatoms. The van der Waals surface area contributed by atoms with Crippen molar-refractivity contribution in [2.75, 3.05) is 12.4 Å². The number of nitrogens with zero attached hydrogens (tertiary/aromatic N) is 2. The lowest BCUT2D eigenvalue weighted by Gasteiger charge is -2.26. The van der Waals surface area contributed by atoms with Gasteiger partial charge in [-0.1, -0.05) is 6.92 Å². The molecule has 0 atom stereocenters. The number of anilines is 1. The summed E-state index contributed by atoms with van der Waals surface area (Å²) in [7, 11) is 1.83. The van der Waals surface area contributed by atoms with Gasteiger partial charge in [0.25, 0.3) is 0 Å². The topological polar surface area (TPSA) is 47.0 Å². The van der Waals surface area contributed by atoms with Gasteiger partial charge in [-0.2, -0.15) is 4.98 Å². The fraction of sp³-hybridized carbons (Fsp3) is 0.571. The predicted octanol–water partition coefficient (Wildman–Crippen LogP) is 3.69. The average molecular weight is 277 g/mol. The van der Waals surface area contributed by atoms with Crippen LogP contribution in [0.2, 0.25) is 0 Å². The first-order valence-corrected chi connectivity index (χ1v) is 7.74. The summed E-state index contributed by atoms with van der Waals surface area (Å²) in [5, 5.41) is 6.06. The lowest BCUT2D eigenvalue weighted by Crippen LogP contribution is -2.23. The van der Waals surface area contributed by atoms with Crippen LogP contribution in [-0.4, -0.2) is 23.1 Å². The second kappa shape index (κ2) is 5.33. The van der Waals surface area contributed by atoms with Crippen LogP contribution in [0.25, 0.3) is 10.2 Å². The highest BCUT2D eigenvalue weighted by Gasteiger charge is 2.21. The third-order valence-electron chi connectivity index (χ3n) is 3.75. The predicted molar refractivity (Wildman–Crippen MR) is 79.0 cm³/mol. The van der Waals surface area contributed by atoms with Gasteiger partial charge in [0, 0.05) is 7.05 Å². The molecule has 0 radical (unpaired) electrons. The molecule has 0 aromatic carbocycles. The average Bonchev–Trinajstić information content (AvgIpc) is 2.89. The molecule has 1 aliphatic carbocycles. The highest BCUT2D eigenvalue weighted by atomic mass is 32.1. The number of rotatable bonds is 3. The zero-order valence-electron chi connectivity index (χ0n) is 11.3. The Hall–Kier alpha value is -1.36. The Kier molecular flexibility index (Phi) is 3.55. The summed E-state index contributed by atoms with van der Waals surface area (Å²) in [6.45, 7) is 2.32. The molecule has 1 aliphatic rings. The first kappa shape index (κ1) is 12.7. The van der Waals surface area contributed by atoms with Gasteiger partial charge in [0.2, 0.25) is 11.8 Å². The maximum atomic E-state index is 6.13. The largest absolute Gasteiger partial charge is 0.474 e. The summed E-state index contributed by atoms with van der Waals surface area (Å²) in [6.07, 6.45) is 5.07. The van der Waals surface area contributed by atoms with Crippen LogP contribution in [0.5, 0.6) is 5.88 Å². The number of nitrogens with one attached hydrogen (secondary N) is 1. The summed E-state index contributed by atoms with van der Waals surface area (Å²) in [5.41, 5.74) is 0. The van der Waals surface area contributed by atoms with E-state index in [9.17, 15) is 0 Å². The zero-order valence-corrected chi connectivity index (χ0v) is 12.2. The normalized spacial score (nSPS) is 23.5. The number of fused-ring (bicyclic) bond motifs is 1. The van der Waals surface area contributed by atoms with Gasteiger partial charge >= 0.3 is 0 Å². The van der Waals surface area contributed by atoms with Crippen molar-refractivity contribution in [3.05, 3.63) is 11.4 Å². The molecule has 3 rings (SSSR count). The first-order chi connectivity index (χ1) is 9.26. The second-order valence-electron chi connectivity index (χ2n) is 5.24. The van der Waals surface area contributed by atoms with Gasteiger partial charge in [0.1, 0.15) is 10.9 Å². The first-order valence-electron chi connectivity index (χ1n) is 6.86. The standard InChI is InChI=1S/C14H19N3OS/c1-9-3-5-10(6-4-9)18-12-11-7-8-19-13(11)17-14(15-2)16-12/h7-10H,3-6H2,1-2H3,(H,15,16,17). The molecule has 1 fully saturated rings. The van der Waals surface area contributed by atoms with E-state index in [4.69, 9.17) is 4.74 Å². The summed E-state index contributed by atoms with van der Waals surface area (Å²) in [6, 6.07) is 2.04. The monoisotopic (exact) mass is 277 g/mol. The lowest BCUT2D eigenvalue weighted by molar-refractivity contribution is 0.132. The van der Waals surface area contributed by atoms with E-state index in [-0.39, 0.29) is 0 Å². The molecule has 1 N–H and O–H groups in total. The molecule has 102 valence electrons. The van der Waals surface area contributed by atoms with Crippen LogP contribution < -0.4 is 10.1 Å². The lowest BCUT2D eigenvalue weighted by atomic mass is 9.89. The van der Waals surface area contributed by atoms with E-state index in [0.29, 0.717) is 12.1 Å². The molecular formula is C14H19N3OS. The Morgan fingerprint density at radius 2 is 2.05 bits per heavy atom. The second-order valence-corrected chi connectivity index (χ2v) is 6.14. The number of hydrogen-bond acceptors (Lipinski definition) is 5. The van der Waals surface area contributed by atoms with E-state index in [1.807, 2.05) is 18.5 Å². The van der Waals surface area contributed by atoms with Crippen molar-refractivity contribution < 1.29 is 4.74 Å². The van der Waals surface area contributed by atoms with Gasteiger partial charge in [-0.05, 0) is 43.0 Å². The van der Waals surface area contributed by atoms with E-state index >= 15 is 0 Å². The fourth-order valence-corrected chi connectivity index (χ4v) is 3.29. The molecule has 2 aromatic heterocycles. The van der Waals surface area contributed by atoms with Crippen LogP contribution in [0.1, 0.15) is 32.6 Å². The molecule has 0 aliphatic heterocycles. The molecule has 2 aromatic rings. The SMILES string of the molecule is CNc1nc(OC2CCC(C)CC2)c2ccsc2n1. The quantitative estimate of drug-likeness (QED) is 0.929. The molecule has 2 heterocycles. The van der Waals surface area contributed by atoms with Crippen LogP contribution in [0.3, 0.4) is 0 Å². The minimum Gasteiger partial charge on any atom is -0.474 e. The highest BCUT2D eigenvalue weighted by molar-refractivity contribution is 7.16. The van der Waals surface area contributed by atoms with Crippen molar-refractivity contribution in [3.63, 3.8) is 0 Å². The van der Waals surface area contributed by atoms with E-state index in [1.165, 1.54) is 12.8 Å². The van der Waals surface area contributed by atoms with Crippen molar-refractivity contribution in [3.8, 4) is 5.88 Å². The Bertz CT molecular complexity index is 561. The molecular weight excluding hydrogens is 258 g/mol. The third-order valence-corrected chi connectivity index (χ3v) is 4.56. The molecule has 0 bridgehead atoms. The Labute approximate surface area is 117 Å². The van der Waals surface area contributed by atoms with Gasteiger partial charge in [-0.25, -0.2) is 4.98 Å². The Morgan fingerprint density at radius 3 is 2.79 bits per heavy atom. The van der Waals surface area contributed by atoms with Crippen LogP contribution in [0, 0.1) is 5.92 Å². The highest BCUT2D eigenvalue weighted by Crippen LogP contribution is 2.32. The molecule has 0 amide bonds. The van der Waals surface area contributed by atoms with Crippen LogP contribution in [0.15, 0.2) is 11.4 Å². The van der Waals surface area contributed by atoms with Gasteiger partial charge < -0.3 is 10.1 Å². The fourth-order valence-electron chi connectivity index (χ4n) is 2.54. The summed E-state index contributed by atoms with van der Waals surface area (Å²) in [5.74, 6) is 2.20. The van der Waals surface area contributed by atoms with Gasteiger partial charge in [0.15, 0.2) is 0 Å².